The number of fused-ring (bicyclic) bond motifs is 1. The van der Waals surface area contributed by atoms with Crippen molar-refractivity contribution in [2.24, 2.45) is 0 Å². The van der Waals surface area contributed by atoms with E-state index in [9.17, 15) is 14.4 Å². The molecule has 0 radical (unpaired) electrons. The van der Waals surface area contributed by atoms with Gasteiger partial charge in [-0.1, -0.05) is 23.7 Å². The first-order valence-corrected chi connectivity index (χ1v) is 11.7. The van der Waals surface area contributed by atoms with E-state index in [4.69, 9.17) is 16.7 Å². The van der Waals surface area contributed by atoms with Gasteiger partial charge in [0.05, 0.1) is 21.6 Å². The molecular formula is C23H23ClN4O4S. The Labute approximate surface area is 199 Å². The fraction of sp³-hybridized carbons (Fsp3) is 0.304. The number of aromatic nitrogens is 1. The molecule has 0 aliphatic carbocycles. The molecule has 0 spiro atoms. The number of hydrogen-bond acceptors (Lipinski definition) is 6. The van der Waals surface area contributed by atoms with Gasteiger partial charge in [-0.3, -0.25) is 19.4 Å². The predicted octanol–water partition coefficient (Wildman–Crippen LogP) is 4.72. The van der Waals surface area contributed by atoms with Crippen molar-refractivity contribution in [3.05, 3.63) is 58.1 Å². The number of urea groups is 1. The van der Waals surface area contributed by atoms with Gasteiger partial charge in [-0.05, 0) is 49.2 Å². The number of carbonyl (C=O) groups excluding carboxylic acids is 2. The molecule has 10 heteroatoms. The van der Waals surface area contributed by atoms with Crippen LogP contribution in [0, 0.1) is 6.92 Å². The summed E-state index contributed by atoms with van der Waals surface area (Å²) in [4.78, 5) is 44.2. The minimum absolute atomic E-state index is 0.0694. The van der Waals surface area contributed by atoms with Crippen LogP contribution in [0.15, 0.2) is 42.5 Å². The Balaban J connectivity index is 1.58. The van der Waals surface area contributed by atoms with Crippen LogP contribution in [-0.2, 0) is 16.1 Å². The monoisotopic (exact) mass is 486 g/mol. The number of carboxylic acids is 1. The third kappa shape index (κ3) is 5.43. The lowest BCUT2D eigenvalue weighted by atomic mass is 10.1. The minimum atomic E-state index is -0.960. The van der Waals surface area contributed by atoms with Gasteiger partial charge in [-0.2, -0.15) is 0 Å². The highest BCUT2D eigenvalue weighted by Crippen LogP contribution is 2.28. The molecule has 1 saturated heterocycles. The zero-order valence-electron chi connectivity index (χ0n) is 18.0. The number of anilines is 1. The molecule has 2 N–H and O–H groups in total. The Bertz CT molecular complexity index is 1200. The predicted molar refractivity (Wildman–Crippen MR) is 127 cm³/mol. The van der Waals surface area contributed by atoms with E-state index in [-0.39, 0.29) is 38.3 Å². The van der Waals surface area contributed by atoms with Crippen molar-refractivity contribution in [3.63, 3.8) is 0 Å². The van der Waals surface area contributed by atoms with Crippen LogP contribution < -0.4 is 5.32 Å². The Morgan fingerprint density at radius 2 is 2.00 bits per heavy atom. The average Bonchev–Trinajstić information content (AvgIpc) is 3.13. The molecule has 1 unspecified atom stereocenters. The second kappa shape index (κ2) is 9.76. The van der Waals surface area contributed by atoms with E-state index >= 15 is 0 Å². The summed E-state index contributed by atoms with van der Waals surface area (Å²) in [5.41, 5.74) is 2.56. The number of nitrogens with zero attached hydrogens (tertiary/aromatic N) is 3. The third-order valence-corrected chi connectivity index (χ3v) is 6.57. The molecule has 2 aromatic carbocycles. The molecule has 172 valence electrons. The highest BCUT2D eigenvalue weighted by molar-refractivity contribution is 7.18. The first-order chi connectivity index (χ1) is 15.8. The van der Waals surface area contributed by atoms with Crippen LogP contribution in [-0.4, -0.2) is 50.5 Å². The van der Waals surface area contributed by atoms with E-state index in [0.29, 0.717) is 5.02 Å². The molecule has 4 rings (SSSR count). The average molecular weight is 487 g/mol. The van der Waals surface area contributed by atoms with E-state index in [1.165, 1.54) is 0 Å². The van der Waals surface area contributed by atoms with Crippen molar-refractivity contribution in [2.45, 2.75) is 38.9 Å². The molecule has 1 aliphatic heterocycles. The zero-order chi connectivity index (χ0) is 23.5. The van der Waals surface area contributed by atoms with Crippen molar-refractivity contribution < 1.29 is 19.5 Å². The third-order valence-electron chi connectivity index (χ3n) is 5.39. The highest BCUT2D eigenvalue weighted by Gasteiger charge is 2.38. The number of carboxylic acid groups (broad SMARTS) is 1. The number of amides is 3. The number of hydrogen-bond donors (Lipinski definition) is 2. The molecule has 1 fully saturated rings. The molecule has 3 amide bonds. The lowest BCUT2D eigenvalue weighted by Crippen LogP contribution is -2.59. The van der Waals surface area contributed by atoms with Gasteiger partial charge in [-0.25, -0.2) is 9.78 Å². The molecule has 1 atom stereocenters. The first kappa shape index (κ1) is 23.0. The van der Waals surface area contributed by atoms with E-state index < -0.39 is 18.2 Å². The van der Waals surface area contributed by atoms with Crippen molar-refractivity contribution in [2.75, 3.05) is 11.9 Å². The molecule has 33 heavy (non-hydrogen) atoms. The van der Waals surface area contributed by atoms with Gasteiger partial charge in [0.25, 0.3) is 0 Å². The maximum Gasteiger partial charge on any atom is 0.328 e. The van der Waals surface area contributed by atoms with E-state index in [1.54, 1.807) is 28.4 Å². The summed E-state index contributed by atoms with van der Waals surface area (Å²) in [5.74, 6) is -1.29. The van der Waals surface area contributed by atoms with Crippen molar-refractivity contribution in [1.82, 2.24) is 14.8 Å². The topological polar surface area (TPSA) is 103 Å². The van der Waals surface area contributed by atoms with Gasteiger partial charge < -0.3 is 10.4 Å². The van der Waals surface area contributed by atoms with Crippen molar-refractivity contribution in [1.29, 1.82) is 0 Å². The first-order valence-electron chi connectivity index (χ1n) is 10.5. The fourth-order valence-corrected chi connectivity index (χ4v) is 4.80. The summed E-state index contributed by atoms with van der Waals surface area (Å²) in [6.07, 6.45) is -0.375. The van der Waals surface area contributed by atoms with Crippen molar-refractivity contribution >= 4 is 56.7 Å². The molecule has 0 bridgehead atoms. The number of thiazole rings is 1. The maximum absolute atomic E-state index is 13.3. The summed E-state index contributed by atoms with van der Waals surface area (Å²) in [5, 5.41) is 13.8. The summed E-state index contributed by atoms with van der Waals surface area (Å²) in [6.45, 7) is 2.29. The van der Waals surface area contributed by atoms with Gasteiger partial charge in [0, 0.05) is 30.2 Å². The number of aliphatic carboxylic acids is 1. The largest absolute Gasteiger partial charge is 0.481 e. The molecular weight excluding hydrogens is 464 g/mol. The van der Waals surface area contributed by atoms with Crippen LogP contribution in [0.3, 0.4) is 0 Å². The fourth-order valence-electron chi connectivity index (χ4n) is 3.80. The van der Waals surface area contributed by atoms with E-state index in [2.05, 4.69) is 10.3 Å². The quantitative estimate of drug-likeness (QED) is 0.477. The summed E-state index contributed by atoms with van der Waals surface area (Å²) < 4.78 is 1.02. The number of aryl methyl sites for hydroxylation is 1. The van der Waals surface area contributed by atoms with Crippen LogP contribution in [0.4, 0.5) is 10.5 Å². The van der Waals surface area contributed by atoms with Gasteiger partial charge in [-0.15, -0.1) is 11.3 Å². The Morgan fingerprint density at radius 3 is 2.73 bits per heavy atom. The number of nitrogens with one attached hydrogen (secondary N) is 1. The Morgan fingerprint density at radius 1 is 1.24 bits per heavy atom. The SMILES string of the molecule is Cc1nc2ccc(NC3CC(=O)N(CCCC(=O)O)C(=O)N3Cc3ccc(Cl)cc3)cc2s1. The van der Waals surface area contributed by atoms with E-state index in [1.807, 2.05) is 37.3 Å². The number of carbonyl (C=O) groups is 3. The van der Waals surface area contributed by atoms with Crippen molar-refractivity contribution in [3.8, 4) is 0 Å². The maximum atomic E-state index is 13.3. The Kier molecular flexibility index (Phi) is 6.80. The van der Waals surface area contributed by atoms with Crippen LogP contribution >= 0.6 is 22.9 Å². The summed E-state index contributed by atoms with van der Waals surface area (Å²) >= 11 is 7.57. The normalized spacial score (nSPS) is 16.5. The van der Waals surface area contributed by atoms with Crippen LogP contribution in [0.25, 0.3) is 10.2 Å². The lowest BCUT2D eigenvalue weighted by Gasteiger charge is -2.41. The van der Waals surface area contributed by atoms with Crippen LogP contribution in [0.2, 0.25) is 5.02 Å². The number of halogens is 1. The standard InChI is InChI=1S/C23H23ClN4O4S/c1-14-25-18-9-8-17(11-19(18)33-14)26-20-12-21(29)27(10-2-3-22(30)31)23(32)28(20)13-15-4-6-16(24)7-5-15/h4-9,11,20,26H,2-3,10,12-13H2,1H3,(H,30,31). The van der Waals surface area contributed by atoms with Crippen LogP contribution in [0.5, 0.6) is 0 Å². The molecule has 1 aromatic heterocycles. The van der Waals surface area contributed by atoms with Gasteiger partial charge in [0.1, 0.15) is 6.17 Å². The molecule has 2 heterocycles. The Hall–Kier alpha value is -3.17. The highest BCUT2D eigenvalue weighted by atomic mass is 35.5. The van der Waals surface area contributed by atoms with E-state index in [0.717, 1.165) is 31.4 Å². The lowest BCUT2D eigenvalue weighted by molar-refractivity contribution is -0.138. The smallest absolute Gasteiger partial charge is 0.328 e. The number of benzene rings is 2. The molecule has 0 saturated carbocycles. The second-order valence-corrected chi connectivity index (χ2v) is 9.53. The van der Waals surface area contributed by atoms with Gasteiger partial charge in [0.2, 0.25) is 5.91 Å². The van der Waals surface area contributed by atoms with Gasteiger partial charge >= 0.3 is 12.0 Å². The summed E-state index contributed by atoms with van der Waals surface area (Å²) in [6, 6.07) is 12.5. The number of rotatable bonds is 8. The number of imide groups is 1. The minimum Gasteiger partial charge on any atom is -0.481 e. The second-order valence-electron chi connectivity index (χ2n) is 7.86. The zero-order valence-corrected chi connectivity index (χ0v) is 19.5. The molecule has 3 aromatic rings. The van der Waals surface area contributed by atoms with Gasteiger partial charge in [0.15, 0.2) is 0 Å². The van der Waals surface area contributed by atoms with Crippen LogP contribution in [0.1, 0.15) is 29.8 Å². The molecule has 1 aliphatic rings. The summed E-state index contributed by atoms with van der Waals surface area (Å²) in [7, 11) is 0. The molecule has 8 nitrogen and oxygen atoms in total.